The molecule has 5 nitrogen and oxygen atoms in total. The van der Waals surface area contributed by atoms with Gasteiger partial charge in [-0.2, -0.15) is 0 Å². The zero-order chi connectivity index (χ0) is 16.6. The van der Waals surface area contributed by atoms with E-state index in [0.29, 0.717) is 34.3 Å². The van der Waals surface area contributed by atoms with E-state index in [1.165, 1.54) is 42.5 Å². The van der Waals surface area contributed by atoms with Crippen molar-refractivity contribution in [1.29, 1.82) is 0 Å². The van der Waals surface area contributed by atoms with Crippen LogP contribution in [0.5, 0.6) is 0 Å². The van der Waals surface area contributed by atoms with Crippen molar-refractivity contribution in [3.63, 3.8) is 0 Å². The predicted octanol–water partition coefficient (Wildman–Crippen LogP) is 4.27. The normalized spacial score (nSPS) is 10.9. The summed E-state index contributed by atoms with van der Waals surface area (Å²) in [4.78, 5) is 22.9. The van der Waals surface area contributed by atoms with Crippen molar-refractivity contribution in [2.45, 2.75) is 13.3 Å². The van der Waals surface area contributed by atoms with Crippen molar-refractivity contribution in [2.24, 2.45) is 0 Å². The summed E-state index contributed by atoms with van der Waals surface area (Å²) in [6.07, 6.45) is 0.477. The first-order valence-electron chi connectivity index (χ1n) is 7.01. The monoisotopic (exact) mass is 313 g/mol. The first-order chi connectivity index (χ1) is 11.0. The van der Waals surface area contributed by atoms with E-state index in [2.05, 4.69) is 0 Å². The molecule has 0 amide bonds. The van der Waals surface area contributed by atoms with Crippen molar-refractivity contribution in [3.05, 3.63) is 75.3 Å². The maximum atomic E-state index is 13.3. The van der Waals surface area contributed by atoms with Crippen LogP contribution in [0.4, 0.5) is 10.1 Å². The topological polar surface area (TPSA) is 73.3 Å². The smallest absolute Gasteiger partial charge is 0.269 e. The van der Waals surface area contributed by atoms with Crippen molar-refractivity contribution < 1.29 is 18.5 Å². The molecule has 3 aromatic rings. The van der Waals surface area contributed by atoms with Gasteiger partial charge in [-0.05, 0) is 24.3 Å². The highest BCUT2D eigenvalue weighted by Gasteiger charge is 2.21. The average molecular weight is 313 g/mol. The molecule has 0 radical (unpaired) electrons. The molecule has 3 rings (SSSR count). The number of fused-ring (bicyclic) bond motifs is 1. The van der Waals surface area contributed by atoms with Crippen molar-refractivity contribution in [2.75, 3.05) is 0 Å². The third-order valence-corrected chi connectivity index (χ3v) is 3.61. The first-order valence-corrected chi connectivity index (χ1v) is 7.01. The number of aryl methyl sites for hydroxylation is 1. The van der Waals surface area contributed by atoms with Crippen molar-refractivity contribution in [1.82, 2.24) is 0 Å². The quantitative estimate of drug-likeness (QED) is 0.409. The molecule has 0 aliphatic carbocycles. The summed E-state index contributed by atoms with van der Waals surface area (Å²) in [5, 5.41) is 11.2. The summed E-state index contributed by atoms with van der Waals surface area (Å²) >= 11 is 0. The van der Waals surface area contributed by atoms with Crippen LogP contribution >= 0.6 is 0 Å². The van der Waals surface area contributed by atoms with E-state index < -0.39 is 10.7 Å². The summed E-state index contributed by atoms with van der Waals surface area (Å²) < 4.78 is 18.9. The Kier molecular flexibility index (Phi) is 3.65. The van der Waals surface area contributed by atoms with Gasteiger partial charge in [0, 0.05) is 35.6 Å². The molecule has 1 heterocycles. The standard InChI is InChI=1S/C17H12FNO4/c1-2-14-16(13-8-5-11(18)9-15(13)23-14)17(20)10-3-6-12(7-4-10)19(21)22/h3-9H,2H2,1H3. The fourth-order valence-corrected chi connectivity index (χ4v) is 2.50. The molecule has 2 aromatic carbocycles. The Morgan fingerprint density at radius 3 is 2.52 bits per heavy atom. The number of rotatable bonds is 4. The number of halogens is 1. The Bertz CT molecular complexity index is 912. The summed E-state index contributed by atoms with van der Waals surface area (Å²) in [5.74, 6) is -0.278. The maximum Gasteiger partial charge on any atom is 0.269 e. The number of nitro groups is 1. The minimum absolute atomic E-state index is 0.0867. The van der Waals surface area contributed by atoms with Gasteiger partial charge in [-0.3, -0.25) is 14.9 Å². The van der Waals surface area contributed by atoms with Gasteiger partial charge < -0.3 is 4.42 Å². The van der Waals surface area contributed by atoms with Crippen LogP contribution < -0.4 is 0 Å². The Morgan fingerprint density at radius 1 is 1.22 bits per heavy atom. The minimum Gasteiger partial charge on any atom is -0.460 e. The molecule has 0 aliphatic rings. The molecule has 6 heteroatoms. The maximum absolute atomic E-state index is 13.3. The Hall–Kier alpha value is -3.02. The third kappa shape index (κ3) is 2.59. The SMILES string of the molecule is CCc1oc2cc(F)ccc2c1C(=O)c1ccc([N+](=O)[O-])cc1. The fourth-order valence-electron chi connectivity index (χ4n) is 2.50. The van der Waals surface area contributed by atoms with Crippen LogP contribution in [0, 0.1) is 15.9 Å². The van der Waals surface area contributed by atoms with E-state index in [1.807, 2.05) is 6.92 Å². The van der Waals surface area contributed by atoms with Crippen LogP contribution in [0.1, 0.15) is 28.6 Å². The highest BCUT2D eigenvalue weighted by atomic mass is 19.1. The third-order valence-electron chi connectivity index (χ3n) is 3.61. The second kappa shape index (κ2) is 5.64. The zero-order valence-electron chi connectivity index (χ0n) is 12.2. The number of hydrogen-bond donors (Lipinski definition) is 0. The van der Waals surface area contributed by atoms with Crippen LogP contribution in [-0.4, -0.2) is 10.7 Å². The van der Waals surface area contributed by atoms with Gasteiger partial charge >= 0.3 is 0 Å². The van der Waals surface area contributed by atoms with Crippen LogP contribution in [0.15, 0.2) is 46.9 Å². The molecular weight excluding hydrogens is 301 g/mol. The molecule has 0 saturated heterocycles. The summed E-state index contributed by atoms with van der Waals surface area (Å²) in [6, 6.07) is 9.38. The second-order valence-electron chi connectivity index (χ2n) is 5.03. The minimum atomic E-state index is -0.526. The van der Waals surface area contributed by atoms with Gasteiger partial charge in [0.2, 0.25) is 0 Å². The predicted molar refractivity (Wildman–Crippen MR) is 82.1 cm³/mol. The lowest BCUT2D eigenvalue weighted by Crippen LogP contribution is -2.03. The zero-order valence-corrected chi connectivity index (χ0v) is 12.2. The lowest BCUT2D eigenvalue weighted by atomic mass is 9.99. The van der Waals surface area contributed by atoms with Gasteiger partial charge in [-0.1, -0.05) is 6.92 Å². The second-order valence-corrected chi connectivity index (χ2v) is 5.03. The van der Waals surface area contributed by atoms with E-state index in [9.17, 15) is 19.3 Å². The highest BCUT2D eigenvalue weighted by molar-refractivity contribution is 6.16. The Balaban J connectivity index is 2.11. The molecule has 1 aromatic heterocycles. The van der Waals surface area contributed by atoms with E-state index in [0.717, 1.165) is 0 Å². The number of nitrogens with zero attached hydrogens (tertiary/aromatic N) is 1. The molecule has 0 atom stereocenters. The molecule has 0 spiro atoms. The van der Waals surface area contributed by atoms with Gasteiger partial charge in [0.1, 0.15) is 17.2 Å². The number of hydrogen-bond acceptors (Lipinski definition) is 4. The van der Waals surface area contributed by atoms with Crippen LogP contribution in [0.3, 0.4) is 0 Å². The lowest BCUT2D eigenvalue weighted by molar-refractivity contribution is -0.384. The van der Waals surface area contributed by atoms with E-state index >= 15 is 0 Å². The molecule has 0 unspecified atom stereocenters. The molecular formula is C17H12FNO4. The Labute approximate surface area is 130 Å². The molecule has 0 fully saturated rings. The largest absolute Gasteiger partial charge is 0.460 e. The molecule has 0 saturated carbocycles. The molecule has 0 bridgehead atoms. The van der Waals surface area contributed by atoms with Gasteiger partial charge in [0.15, 0.2) is 5.78 Å². The first kappa shape index (κ1) is 14.9. The lowest BCUT2D eigenvalue weighted by Gasteiger charge is -2.01. The van der Waals surface area contributed by atoms with Crippen LogP contribution in [0.2, 0.25) is 0 Å². The number of non-ortho nitro benzene ring substituents is 1. The van der Waals surface area contributed by atoms with E-state index in [-0.39, 0.29) is 11.5 Å². The fraction of sp³-hybridized carbons (Fsp3) is 0.118. The summed E-state index contributed by atoms with van der Waals surface area (Å²) in [6.45, 7) is 1.83. The number of benzene rings is 2. The molecule has 0 N–H and O–H groups in total. The average Bonchev–Trinajstić information content (AvgIpc) is 2.91. The number of furan rings is 1. The van der Waals surface area contributed by atoms with E-state index in [1.54, 1.807) is 0 Å². The number of carbonyl (C=O) groups is 1. The van der Waals surface area contributed by atoms with Gasteiger partial charge in [-0.25, -0.2) is 4.39 Å². The summed E-state index contributed by atoms with van der Waals surface area (Å²) in [7, 11) is 0. The highest BCUT2D eigenvalue weighted by Crippen LogP contribution is 2.29. The van der Waals surface area contributed by atoms with Gasteiger partial charge in [0.05, 0.1) is 10.5 Å². The number of ketones is 1. The number of carbonyl (C=O) groups excluding carboxylic acids is 1. The summed E-state index contributed by atoms with van der Waals surface area (Å²) in [5.41, 5.74) is 0.914. The van der Waals surface area contributed by atoms with Gasteiger partial charge in [-0.15, -0.1) is 0 Å². The molecule has 116 valence electrons. The number of nitro benzene ring substituents is 1. The Morgan fingerprint density at radius 2 is 1.91 bits per heavy atom. The van der Waals surface area contributed by atoms with Crippen molar-refractivity contribution >= 4 is 22.4 Å². The molecule has 23 heavy (non-hydrogen) atoms. The van der Waals surface area contributed by atoms with Crippen molar-refractivity contribution in [3.8, 4) is 0 Å². The van der Waals surface area contributed by atoms with Crippen LogP contribution in [-0.2, 0) is 6.42 Å². The van der Waals surface area contributed by atoms with Gasteiger partial charge in [0.25, 0.3) is 5.69 Å². The van der Waals surface area contributed by atoms with E-state index in [4.69, 9.17) is 4.42 Å². The van der Waals surface area contributed by atoms with Crippen LogP contribution in [0.25, 0.3) is 11.0 Å². The molecule has 0 aliphatic heterocycles.